The Bertz CT molecular complexity index is 2710. The van der Waals surface area contributed by atoms with Gasteiger partial charge in [0.05, 0.1) is 27.8 Å². The van der Waals surface area contributed by atoms with Crippen molar-refractivity contribution < 1.29 is 4.42 Å². The molecule has 3 aromatic heterocycles. The van der Waals surface area contributed by atoms with Crippen LogP contribution >= 0.6 is 0 Å². The predicted molar refractivity (Wildman–Crippen MR) is 192 cm³/mol. The molecule has 0 radical (unpaired) electrons. The Morgan fingerprint density at radius 2 is 1.26 bits per heavy atom. The maximum Gasteiger partial charge on any atom is 0.231 e. The van der Waals surface area contributed by atoms with Crippen molar-refractivity contribution in [3.63, 3.8) is 0 Å². The molecule has 0 unspecified atom stereocenters. The van der Waals surface area contributed by atoms with Crippen LogP contribution in [0.15, 0.2) is 144 Å². The summed E-state index contributed by atoms with van der Waals surface area (Å²) < 4.78 is 8.78. The van der Waals surface area contributed by atoms with Gasteiger partial charge in [0.1, 0.15) is 5.58 Å². The molecule has 0 bridgehead atoms. The maximum absolute atomic E-state index is 6.39. The Kier molecular flexibility index (Phi) is 5.31. The van der Waals surface area contributed by atoms with Crippen LogP contribution in [0.1, 0.15) is 25.0 Å². The first-order valence-electron chi connectivity index (χ1n) is 16.1. The lowest BCUT2D eigenvalue weighted by Gasteiger charge is -2.21. The van der Waals surface area contributed by atoms with E-state index in [1.165, 1.54) is 33.0 Å². The Hall–Kier alpha value is -6.00. The van der Waals surface area contributed by atoms with Gasteiger partial charge in [-0.25, -0.2) is 4.98 Å². The molecule has 0 N–H and O–H groups in total. The van der Waals surface area contributed by atoms with Gasteiger partial charge in [0, 0.05) is 32.7 Å². The van der Waals surface area contributed by atoms with Gasteiger partial charge < -0.3 is 8.98 Å². The van der Waals surface area contributed by atoms with Crippen molar-refractivity contribution in [3.05, 3.63) is 151 Å². The van der Waals surface area contributed by atoms with Crippen LogP contribution in [0.25, 0.3) is 83.3 Å². The molecule has 0 atom stereocenters. The van der Waals surface area contributed by atoms with E-state index in [0.29, 0.717) is 11.5 Å². The number of furan rings is 1. The predicted octanol–water partition coefficient (Wildman–Crippen LogP) is 11.1. The normalized spacial score (nSPS) is 13.5. The van der Waals surface area contributed by atoms with Crippen molar-refractivity contribution in [3.8, 4) is 39.5 Å². The summed E-state index contributed by atoms with van der Waals surface area (Å²) in [6.45, 7) is 4.68. The van der Waals surface area contributed by atoms with Gasteiger partial charge in [0.2, 0.25) is 5.71 Å². The SMILES string of the molecule is CC1(C)c2ccccc2-c2c1ccc1c2c2ccccc2n1-c1ccccc1-c1nc(-c2ccccc2)c2c(n1)oc1ccccc12. The average Bonchev–Trinajstić information content (AvgIpc) is 3.74. The molecule has 3 heterocycles. The van der Waals surface area contributed by atoms with Crippen LogP contribution in [-0.4, -0.2) is 14.5 Å². The number of hydrogen-bond donors (Lipinski definition) is 0. The van der Waals surface area contributed by atoms with Crippen molar-refractivity contribution in [2.75, 3.05) is 0 Å². The Balaban J connectivity index is 1.29. The van der Waals surface area contributed by atoms with Gasteiger partial charge >= 0.3 is 0 Å². The molecular weight excluding hydrogens is 574 g/mol. The lowest BCUT2D eigenvalue weighted by molar-refractivity contribution is 0.653. The van der Waals surface area contributed by atoms with Crippen molar-refractivity contribution in [2.45, 2.75) is 19.3 Å². The highest BCUT2D eigenvalue weighted by atomic mass is 16.3. The monoisotopic (exact) mass is 603 g/mol. The molecule has 4 heteroatoms. The summed E-state index contributed by atoms with van der Waals surface area (Å²) in [5, 5.41) is 4.47. The molecule has 222 valence electrons. The quantitative estimate of drug-likeness (QED) is 0.202. The van der Waals surface area contributed by atoms with Gasteiger partial charge in [-0.2, -0.15) is 4.98 Å². The van der Waals surface area contributed by atoms with E-state index in [9.17, 15) is 0 Å². The third-order valence-corrected chi connectivity index (χ3v) is 10.1. The van der Waals surface area contributed by atoms with E-state index in [-0.39, 0.29) is 5.41 Å². The van der Waals surface area contributed by atoms with E-state index >= 15 is 0 Å². The first-order valence-corrected chi connectivity index (χ1v) is 16.1. The van der Waals surface area contributed by atoms with E-state index in [0.717, 1.165) is 49.9 Å². The lowest BCUT2D eigenvalue weighted by Crippen LogP contribution is -2.14. The second kappa shape index (κ2) is 9.51. The minimum atomic E-state index is -0.0785. The third-order valence-electron chi connectivity index (χ3n) is 10.1. The number of para-hydroxylation sites is 3. The molecular formula is C43H29N3O. The minimum absolute atomic E-state index is 0.0785. The van der Waals surface area contributed by atoms with E-state index in [1.54, 1.807) is 0 Å². The summed E-state index contributed by atoms with van der Waals surface area (Å²) in [4.78, 5) is 10.4. The van der Waals surface area contributed by atoms with Gasteiger partial charge in [0.25, 0.3) is 0 Å². The zero-order valence-electron chi connectivity index (χ0n) is 26.0. The number of benzene rings is 6. The summed E-state index contributed by atoms with van der Waals surface area (Å²) in [6.07, 6.45) is 0. The number of rotatable bonds is 3. The van der Waals surface area contributed by atoms with E-state index in [2.05, 4.69) is 134 Å². The molecule has 1 aliphatic rings. The summed E-state index contributed by atoms with van der Waals surface area (Å²) >= 11 is 0. The Morgan fingerprint density at radius 3 is 2.13 bits per heavy atom. The molecule has 9 aromatic rings. The third kappa shape index (κ3) is 3.58. The second-order valence-corrected chi connectivity index (χ2v) is 13.0. The lowest BCUT2D eigenvalue weighted by atomic mass is 9.82. The van der Waals surface area contributed by atoms with Crippen molar-refractivity contribution >= 4 is 43.9 Å². The summed E-state index contributed by atoms with van der Waals surface area (Å²) in [7, 11) is 0. The van der Waals surface area contributed by atoms with Crippen LogP contribution in [0.2, 0.25) is 0 Å². The molecule has 47 heavy (non-hydrogen) atoms. The van der Waals surface area contributed by atoms with Crippen molar-refractivity contribution in [2.24, 2.45) is 0 Å². The topological polar surface area (TPSA) is 43.9 Å². The molecule has 0 saturated carbocycles. The molecule has 0 spiro atoms. The zero-order chi connectivity index (χ0) is 31.3. The average molecular weight is 604 g/mol. The molecule has 4 nitrogen and oxygen atoms in total. The van der Waals surface area contributed by atoms with Crippen LogP contribution in [-0.2, 0) is 5.41 Å². The van der Waals surface area contributed by atoms with Gasteiger partial charge in [-0.15, -0.1) is 0 Å². The van der Waals surface area contributed by atoms with Gasteiger partial charge in [-0.05, 0) is 52.6 Å². The molecule has 0 saturated heterocycles. The van der Waals surface area contributed by atoms with E-state index < -0.39 is 0 Å². The summed E-state index contributed by atoms with van der Waals surface area (Å²) in [5.74, 6) is 0.629. The van der Waals surface area contributed by atoms with Crippen molar-refractivity contribution in [1.29, 1.82) is 0 Å². The van der Waals surface area contributed by atoms with E-state index in [4.69, 9.17) is 14.4 Å². The second-order valence-electron chi connectivity index (χ2n) is 13.0. The van der Waals surface area contributed by atoms with Crippen molar-refractivity contribution in [1.82, 2.24) is 14.5 Å². The highest BCUT2D eigenvalue weighted by molar-refractivity contribution is 6.18. The fraction of sp³-hybridized carbons (Fsp3) is 0.0698. The van der Waals surface area contributed by atoms with Crippen LogP contribution in [0.3, 0.4) is 0 Å². The smallest absolute Gasteiger partial charge is 0.231 e. The zero-order valence-corrected chi connectivity index (χ0v) is 26.0. The summed E-state index contributed by atoms with van der Waals surface area (Å²) in [5.41, 5.74) is 12.9. The molecule has 0 fully saturated rings. The van der Waals surface area contributed by atoms with Crippen LogP contribution in [0.5, 0.6) is 0 Å². The van der Waals surface area contributed by atoms with Crippen LogP contribution in [0.4, 0.5) is 0 Å². The highest BCUT2D eigenvalue weighted by Gasteiger charge is 2.37. The number of hydrogen-bond acceptors (Lipinski definition) is 3. The highest BCUT2D eigenvalue weighted by Crippen LogP contribution is 2.53. The first kappa shape index (κ1) is 26.2. The Morgan fingerprint density at radius 1 is 0.553 bits per heavy atom. The fourth-order valence-corrected chi connectivity index (χ4v) is 7.92. The molecule has 10 rings (SSSR count). The van der Waals surface area contributed by atoms with Gasteiger partial charge in [-0.3, -0.25) is 0 Å². The number of aromatic nitrogens is 3. The van der Waals surface area contributed by atoms with Gasteiger partial charge in [-0.1, -0.05) is 123 Å². The first-order chi connectivity index (χ1) is 23.1. The minimum Gasteiger partial charge on any atom is -0.438 e. The fourth-order valence-electron chi connectivity index (χ4n) is 7.92. The number of nitrogens with zero attached hydrogens (tertiary/aromatic N) is 3. The molecule has 1 aliphatic carbocycles. The van der Waals surface area contributed by atoms with Gasteiger partial charge in [0.15, 0.2) is 5.82 Å². The van der Waals surface area contributed by atoms with E-state index in [1.807, 2.05) is 24.3 Å². The van der Waals surface area contributed by atoms with Crippen LogP contribution < -0.4 is 0 Å². The molecule has 6 aromatic carbocycles. The summed E-state index contributed by atoms with van der Waals surface area (Å²) in [6, 6.07) is 49.2. The standard InChI is InChI=1S/C43H29N3O/c1-43(2)31-20-10-6-16-27(31)37-32(43)24-25-35-38(37)28-17-7-11-21-33(28)46(35)34-22-12-8-18-29(34)41-44-40(26-14-4-3-5-15-26)39-30-19-9-13-23-36(30)47-42(39)45-41/h3-25H,1-2H3. The molecule has 0 amide bonds. The largest absolute Gasteiger partial charge is 0.438 e. The number of fused-ring (bicyclic) bond motifs is 10. The van der Waals surface area contributed by atoms with Crippen LogP contribution in [0, 0.1) is 0 Å². The Labute approximate surface area is 271 Å². The molecule has 0 aliphatic heterocycles. The maximum atomic E-state index is 6.39.